The Morgan fingerprint density at radius 1 is 1.23 bits per heavy atom. The van der Waals surface area contributed by atoms with Gasteiger partial charge in [-0.25, -0.2) is 5.43 Å². The van der Waals surface area contributed by atoms with Crippen molar-refractivity contribution in [3.63, 3.8) is 0 Å². The molecule has 0 fully saturated rings. The van der Waals surface area contributed by atoms with Crippen LogP contribution in [0.5, 0.6) is 11.5 Å². The Morgan fingerprint density at radius 2 is 1.93 bits per heavy atom. The van der Waals surface area contributed by atoms with E-state index in [1.54, 1.807) is 25.3 Å². The fourth-order valence-electron chi connectivity index (χ4n) is 2.30. The van der Waals surface area contributed by atoms with Crippen molar-refractivity contribution < 1.29 is 19.1 Å². The number of ether oxygens (including phenoxy) is 2. The van der Waals surface area contributed by atoms with Gasteiger partial charge in [-0.1, -0.05) is 30.7 Å². The maximum Gasteiger partial charge on any atom is 0.329 e. The van der Waals surface area contributed by atoms with Crippen LogP contribution in [0.25, 0.3) is 0 Å². The second kappa shape index (κ2) is 11.8. The van der Waals surface area contributed by atoms with Gasteiger partial charge < -0.3 is 14.8 Å². The number of amides is 2. The highest BCUT2D eigenvalue weighted by Gasteiger charge is 2.15. The van der Waals surface area contributed by atoms with Gasteiger partial charge in [-0.15, -0.1) is 0 Å². The molecule has 7 nitrogen and oxygen atoms in total. The molecule has 2 aromatic rings. The second-order valence-corrected chi connectivity index (χ2v) is 8.03. The van der Waals surface area contributed by atoms with Crippen molar-refractivity contribution in [3.8, 4) is 11.5 Å². The molecule has 30 heavy (non-hydrogen) atoms. The van der Waals surface area contributed by atoms with Gasteiger partial charge in [0.05, 0.1) is 16.9 Å². The van der Waals surface area contributed by atoms with Crippen LogP contribution in [0.4, 0.5) is 0 Å². The fourth-order valence-corrected chi connectivity index (χ4v) is 3.21. The van der Waals surface area contributed by atoms with Gasteiger partial charge in [0.25, 0.3) is 0 Å². The zero-order valence-corrected chi connectivity index (χ0v) is 19.8. The Morgan fingerprint density at radius 3 is 2.57 bits per heavy atom. The van der Waals surface area contributed by atoms with Gasteiger partial charge in [0.15, 0.2) is 11.5 Å². The van der Waals surface area contributed by atoms with Crippen LogP contribution in [0.1, 0.15) is 31.4 Å². The first-order valence-electron chi connectivity index (χ1n) is 9.22. The maximum atomic E-state index is 11.8. The average Bonchev–Trinajstić information content (AvgIpc) is 2.73. The van der Waals surface area contributed by atoms with Gasteiger partial charge in [0.1, 0.15) is 6.61 Å². The first-order valence-corrected chi connectivity index (χ1v) is 10.7. The van der Waals surface area contributed by atoms with Crippen molar-refractivity contribution in [2.45, 2.75) is 32.9 Å². The van der Waals surface area contributed by atoms with E-state index in [1.807, 2.05) is 32.0 Å². The van der Waals surface area contributed by atoms with Crippen molar-refractivity contribution in [2.75, 3.05) is 7.11 Å². The third-order valence-corrected chi connectivity index (χ3v) is 5.18. The van der Waals surface area contributed by atoms with Crippen LogP contribution in [0.15, 0.2) is 41.5 Å². The first-order chi connectivity index (χ1) is 14.3. The Balaban J connectivity index is 2.03. The highest BCUT2D eigenvalue weighted by Crippen LogP contribution is 2.34. The van der Waals surface area contributed by atoms with E-state index in [9.17, 15) is 9.59 Å². The van der Waals surface area contributed by atoms with Crippen LogP contribution in [0.3, 0.4) is 0 Å². The molecule has 160 valence electrons. The van der Waals surface area contributed by atoms with Crippen molar-refractivity contribution in [2.24, 2.45) is 5.10 Å². The van der Waals surface area contributed by atoms with Crippen LogP contribution in [-0.2, 0) is 16.2 Å². The molecular weight excluding hydrogens is 521 g/mol. The molecule has 1 atom stereocenters. The normalized spacial score (nSPS) is 11.8. The van der Waals surface area contributed by atoms with Crippen molar-refractivity contribution >= 4 is 52.2 Å². The van der Waals surface area contributed by atoms with Crippen LogP contribution >= 0.6 is 34.2 Å². The molecule has 2 rings (SSSR count). The number of carbonyl (C=O) groups excluding carboxylic acids is 2. The molecule has 0 aliphatic carbocycles. The highest BCUT2D eigenvalue weighted by molar-refractivity contribution is 14.1. The maximum absolute atomic E-state index is 11.8. The van der Waals surface area contributed by atoms with Crippen LogP contribution in [-0.4, -0.2) is 31.2 Å². The molecule has 0 heterocycles. The number of hydrogen-bond donors (Lipinski definition) is 2. The number of nitrogens with one attached hydrogen (secondary N) is 2. The molecule has 0 unspecified atom stereocenters. The van der Waals surface area contributed by atoms with Crippen molar-refractivity contribution in [3.05, 3.63) is 56.1 Å². The largest absolute Gasteiger partial charge is 0.493 e. The van der Waals surface area contributed by atoms with E-state index < -0.39 is 11.8 Å². The minimum atomic E-state index is -0.823. The Labute approximate surface area is 194 Å². The summed E-state index contributed by atoms with van der Waals surface area (Å²) < 4.78 is 12.2. The number of rotatable bonds is 8. The lowest BCUT2D eigenvalue weighted by atomic mass is 10.2. The summed E-state index contributed by atoms with van der Waals surface area (Å²) in [6.45, 7) is 4.09. The van der Waals surface area contributed by atoms with E-state index in [4.69, 9.17) is 21.1 Å². The molecule has 0 aliphatic rings. The third kappa shape index (κ3) is 7.17. The second-order valence-electron chi connectivity index (χ2n) is 6.43. The lowest BCUT2D eigenvalue weighted by Gasteiger charge is -2.13. The topological polar surface area (TPSA) is 89.0 Å². The number of benzene rings is 2. The molecule has 0 saturated heterocycles. The number of methoxy groups -OCH3 is 1. The van der Waals surface area contributed by atoms with E-state index in [0.29, 0.717) is 28.7 Å². The molecule has 0 aromatic heterocycles. The fraction of sp³-hybridized carbons (Fsp3) is 0.286. The molecule has 0 bridgehead atoms. The summed E-state index contributed by atoms with van der Waals surface area (Å²) in [4.78, 5) is 23.5. The molecule has 9 heteroatoms. The van der Waals surface area contributed by atoms with Crippen LogP contribution < -0.4 is 20.2 Å². The molecule has 0 aliphatic heterocycles. The molecule has 2 aromatic carbocycles. The van der Waals surface area contributed by atoms with Gasteiger partial charge in [-0.05, 0) is 71.3 Å². The Bertz CT molecular complexity index is 919. The molecule has 0 saturated carbocycles. The molecule has 2 amide bonds. The van der Waals surface area contributed by atoms with E-state index in [0.717, 1.165) is 15.6 Å². The summed E-state index contributed by atoms with van der Waals surface area (Å²) in [5.74, 6) is -0.420. The zero-order valence-electron chi connectivity index (χ0n) is 16.9. The number of halogens is 2. The summed E-state index contributed by atoms with van der Waals surface area (Å²) in [7, 11) is 1.54. The summed E-state index contributed by atoms with van der Waals surface area (Å²) in [5, 5.41) is 7.09. The molecule has 0 radical (unpaired) electrons. The number of hydrazone groups is 1. The van der Waals surface area contributed by atoms with E-state index in [-0.39, 0.29) is 6.04 Å². The predicted molar refractivity (Wildman–Crippen MR) is 125 cm³/mol. The number of nitrogens with zero attached hydrogens (tertiary/aromatic N) is 1. The minimum absolute atomic E-state index is 0.0847. The zero-order chi connectivity index (χ0) is 22.1. The number of carbonyl (C=O) groups is 2. The minimum Gasteiger partial charge on any atom is -0.493 e. The third-order valence-electron chi connectivity index (χ3n) is 4.12. The summed E-state index contributed by atoms with van der Waals surface area (Å²) in [5.41, 5.74) is 3.87. The standard InChI is InChI=1S/C21H23ClIN3O4/c1-4-13(2)25-20(27)21(28)26-24-11-15-9-17(23)19(18(10-15)29-3)30-12-14-5-7-16(22)8-6-14/h5-11,13H,4,12H2,1-3H3,(H,25,27)(H,26,28)/b24-11-/t13-/m1/s1. The lowest BCUT2D eigenvalue weighted by Crippen LogP contribution is -2.41. The lowest BCUT2D eigenvalue weighted by molar-refractivity contribution is -0.139. The summed E-state index contributed by atoms with van der Waals surface area (Å²) >= 11 is 8.04. The monoisotopic (exact) mass is 543 g/mol. The summed E-state index contributed by atoms with van der Waals surface area (Å²) in [6, 6.07) is 10.9. The highest BCUT2D eigenvalue weighted by atomic mass is 127. The van der Waals surface area contributed by atoms with Crippen molar-refractivity contribution in [1.29, 1.82) is 0 Å². The first kappa shape index (κ1) is 23.9. The van der Waals surface area contributed by atoms with Gasteiger partial charge in [-0.2, -0.15) is 5.10 Å². The predicted octanol–water partition coefficient (Wildman–Crippen LogP) is 3.90. The van der Waals surface area contributed by atoms with Gasteiger partial charge in [0.2, 0.25) is 0 Å². The van der Waals surface area contributed by atoms with Crippen molar-refractivity contribution in [1.82, 2.24) is 10.7 Å². The average molecular weight is 544 g/mol. The van der Waals surface area contributed by atoms with Crippen LogP contribution in [0.2, 0.25) is 5.02 Å². The smallest absolute Gasteiger partial charge is 0.329 e. The van der Waals surface area contributed by atoms with Gasteiger partial charge >= 0.3 is 11.8 Å². The Hall–Kier alpha value is -2.33. The molecule has 0 spiro atoms. The van der Waals surface area contributed by atoms with E-state index in [1.165, 1.54) is 6.21 Å². The molecular formula is C21H23ClIN3O4. The number of hydrogen-bond acceptors (Lipinski definition) is 5. The van der Waals surface area contributed by atoms with E-state index in [2.05, 4.69) is 38.4 Å². The SMILES string of the molecule is CC[C@@H](C)NC(=O)C(=O)N/N=C\c1cc(I)c(OCc2ccc(Cl)cc2)c(OC)c1. The quantitative estimate of drug-likeness (QED) is 0.229. The van der Waals surface area contributed by atoms with Gasteiger partial charge in [-0.3, -0.25) is 9.59 Å². The Kier molecular flexibility index (Phi) is 9.38. The molecule has 2 N–H and O–H groups in total. The van der Waals surface area contributed by atoms with E-state index >= 15 is 0 Å². The van der Waals surface area contributed by atoms with Crippen LogP contribution in [0, 0.1) is 3.57 Å². The summed E-state index contributed by atoms with van der Waals surface area (Å²) in [6.07, 6.45) is 2.16. The van der Waals surface area contributed by atoms with Gasteiger partial charge in [0, 0.05) is 11.1 Å².